The molecule has 0 aliphatic rings. The molecule has 0 radical (unpaired) electrons. The van der Waals surface area contributed by atoms with Crippen LogP contribution in [0.2, 0.25) is 5.02 Å². The molecule has 0 saturated heterocycles. The Bertz CT molecular complexity index is 819. The zero-order chi connectivity index (χ0) is 19.3. The van der Waals surface area contributed by atoms with Crippen LogP contribution in [0.3, 0.4) is 0 Å². The summed E-state index contributed by atoms with van der Waals surface area (Å²) in [6, 6.07) is 8.88. The predicted octanol–water partition coefficient (Wildman–Crippen LogP) is 5.42. The topological polar surface area (TPSA) is 75.6 Å². The quantitative estimate of drug-likeness (QED) is 0.527. The van der Waals surface area contributed by atoms with Crippen LogP contribution in [-0.4, -0.2) is 17.0 Å². The molecule has 0 atom stereocenters. The number of aryl methyl sites for hydroxylation is 1. The molecule has 1 amide bonds. The van der Waals surface area contributed by atoms with Crippen molar-refractivity contribution in [3.63, 3.8) is 0 Å². The first-order valence-electron chi connectivity index (χ1n) is 7.64. The lowest BCUT2D eigenvalue weighted by Crippen LogP contribution is -2.06. The van der Waals surface area contributed by atoms with E-state index in [1.807, 2.05) is 12.1 Å². The highest BCUT2D eigenvalue weighted by atomic mass is 79.9. The van der Waals surface area contributed by atoms with Gasteiger partial charge in [-0.25, -0.2) is 0 Å². The van der Waals surface area contributed by atoms with Crippen LogP contribution in [0.4, 0.5) is 5.69 Å². The summed E-state index contributed by atoms with van der Waals surface area (Å²) in [4.78, 5) is 21.9. The fourth-order valence-electron chi connectivity index (χ4n) is 2.31. The number of ether oxygens (including phenoxy) is 1. The summed E-state index contributed by atoms with van der Waals surface area (Å²) < 4.78 is 7.31. The molecule has 26 heavy (non-hydrogen) atoms. The molecule has 5 nitrogen and oxygen atoms in total. The van der Waals surface area contributed by atoms with Crippen LogP contribution in [0.15, 0.2) is 39.3 Å². The lowest BCUT2D eigenvalue weighted by atomic mass is 10.1. The maximum absolute atomic E-state index is 11.2. The number of amides is 1. The van der Waals surface area contributed by atoms with Gasteiger partial charge in [0.2, 0.25) is 5.91 Å². The van der Waals surface area contributed by atoms with Gasteiger partial charge in [0.1, 0.15) is 12.4 Å². The highest BCUT2D eigenvalue weighted by Gasteiger charge is 2.11. The number of rotatable bonds is 7. The Hall–Kier alpha value is -1.57. The molecule has 0 spiro atoms. The Morgan fingerprint density at radius 1 is 1.12 bits per heavy atom. The van der Waals surface area contributed by atoms with Gasteiger partial charge in [0.05, 0.1) is 8.95 Å². The fraction of sp³-hybridized carbons (Fsp3) is 0.222. The molecule has 0 fully saturated rings. The van der Waals surface area contributed by atoms with E-state index in [2.05, 4.69) is 37.2 Å². The molecule has 2 aromatic carbocycles. The summed E-state index contributed by atoms with van der Waals surface area (Å²) in [5.74, 6) is -0.416. The second-order valence-corrected chi connectivity index (χ2v) is 7.75. The van der Waals surface area contributed by atoms with Gasteiger partial charge in [-0.3, -0.25) is 9.59 Å². The minimum atomic E-state index is -0.839. The minimum absolute atomic E-state index is 0.0630. The van der Waals surface area contributed by atoms with E-state index in [-0.39, 0.29) is 18.9 Å². The highest BCUT2D eigenvalue weighted by Crippen LogP contribution is 2.36. The molecule has 0 heterocycles. The monoisotopic (exact) mass is 503 g/mol. The van der Waals surface area contributed by atoms with Crippen molar-refractivity contribution in [2.45, 2.75) is 26.4 Å². The maximum atomic E-state index is 11.2. The Kier molecular flexibility index (Phi) is 7.49. The van der Waals surface area contributed by atoms with E-state index in [1.54, 1.807) is 18.2 Å². The van der Waals surface area contributed by atoms with Crippen LogP contribution in [0, 0.1) is 0 Å². The average Bonchev–Trinajstić information content (AvgIpc) is 2.50. The van der Waals surface area contributed by atoms with Gasteiger partial charge in [0.25, 0.3) is 0 Å². The largest absolute Gasteiger partial charge is 0.487 e. The van der Waals surface area contributed by atoms with E-state index >= 15 is 0 Å². The molecule has 0 aliphatic carbocycles. The van der Waals surface area contributed by atoms with Gasteiger partial charge >= 0.3 is 5.97 Å². The average molecular weight is 506 g/mol. The van der Waals surface area contributed by atoms with Crippen LogP contribution in [0.25, 0.3) is 0 Å². The van der Waals surface area contributed by atoms with Crippen molar-refractivity contribution in [2.75, 3.05) is 5.32 Å². The molecule has 2 N–H and O–H groups in total. The van der Waals surface area contributed by atoms with Crippen molar-refractivity contribution in [3.05, 3.63) is 55.4 Å². The second kappa shape index (κ2) is 9.39. The lowest BCUT2D eigenvalue weighted by Gasteiger charge is -2.13. The van der Waals surface area contributed by atoms with Crippen LogP contribution in [-0.2, 0) is 22.6 Å². The van der Waals surface area contributed by atoms with E-state index in [1.165, 1.54) is 6.92 Å². The Labute approximate surface area is 172 Å². The number of carbonyl (C=O) groups excluding carboxylic acids is 1. The smallest absolute Gasteiger partial charge is 0.303 e. The summed E-state index contributed by atoms with van der Waals surface area (Å²) in [7, 11) is 0. The van der Waals surface area contributed by atoms with Gasteiger partial charge in [0.15, 0.2) is 0 Å². The van der Waals surface area contributed by atoms with Gasteiger partial charge in [-0.2, -0.15) is 0 Å². The predicted molar refractivity (Wildman–Crippen MR) is 108 cm³/mol. The third-order valence-corrected chi connectivity index (χ3v) is 4.74. The van der Waals surface area contributed by atoms with Crippen molar-refractivity contribution in [1.82, 2.24) is 0 Å². The number of carbonyl (C=O) groups is 2. The normalized spacial score (nSPS) is 10.5. The molecule has 8 heteroatoms. The summed E-state index contributed by atoms with van der Waals surface area (Å²) in [5.41, 5.74) is 2.29. The van der Waals surface area contributed by atoms with E-state index in [4.69, 9.17) is 21.4 Å². The third-order valence-electron chi connectivity index (χ3n) is 3.35. The van der Waals surface area contributed by atoms with Gasteiger partial charge in [-0.15, -0.1) is 0 Å². The van der Waals surface area contributed by atoms with Crippen LogP contribution in [0.5, 0.6) is 5.75 Å². The van der Waals surface area contributed by atoms with Crippen molar-refractivity contribution in [2.24, 2.45) is 0 Å². The standard InChI is InChI=1S/C18H16Br2ClNO4/c1-10(23)22-14-5-12(4-13(21)8-14)9-26-18-15(19)6-11(7-16(18)20)2-3-17(24)25/h4-8H,2-3,9H2,1H3,(H,22,23)(H,24,25). The van der Waals surface area contributed by atoms with Crippen molar-refractivity contribution >= 4 is 61.0 Å². The molecule has 0 unspecified atom stereocenters. The van der Waals surface area contributed by atoms with Gasteiger partial charge in [-0.1, -0.05) is 11.6 Å². The Morgan fingerprint density at radius 2 is 1.77 bits per heavy atom. The number of benzene rings is 2. The van der Waals surface area contributed by atoms with Crippen molar-refractivity contribution < 1.29 is 19.4 Å². The molecule has 0 aromatic heterocycles. The maximum Gasteiger partial charge on any atom is 0.303 e. The molecule has 0 saturated carbocycles. The fourth-order valence-corrected chi connectivity index (χ4v) is 4.08. The Balaban J connectivity index is 2.13. The number of hydrogen-bond donors (Lipinski definition) is 2. The first kappa shape index (κ1) is 20.7. The number of nitrogens with one attached hydrogen (secondary N) is 1. The van der Waals surface area contributed by atoms with Gasteiger partial charge in [-0.05, 0) is 79.7 Å². The molecule has 0 aliphatic heterocycles. The minimum Gasteiger partial charge on any atom is -0.487 e. The van der Waals surface area contributed by atoms with E-state index in [0.717, 1.165) is 20.1 Å². The number of carboxylic acids is 1. The number of carboxylic acid groups (broad SMARTS) is 1. The number of aliphatic carboxylic acids is 1. The summed E-state index contributed by atoms with van der Waals surface area (Å²) in [5, 5.41) is 12.0. The lowest BCUT2D eigenvalue weighted by molar-refractivity contribution is -0.137. The summed E-state index contributed by atoms with van der Waals surface area (Å²) >= 11 is 13.0. The molecular formula is C18H16Br2ClNO4. The molecule has 0 bridgehead atoms. The molecule has 138 valence electrons. The zero-order valence-corrected chi connectivity index (χ0v) is 17.7. The van der Waals surface area contributed by atoms with Crippen LogP contribution in [0.1, 0.15) is 24.5 Å². The molecular weight excluding hydrogens is 489 g/mol. The summed E-state index contributed by atoms with van der Waals surface area (Å²) in [6.45, 7) is 1.68. The van der Waals surface area contributed by atoms with Crippen molar-refractivity contribution in [3.8, 4) is 5.75 Å². The van der Waals surface area contributed by atoms with E-state index in [9.17, 15) is 9.59 Å². The first-order valence-corrected chi connectivity index (χ1v) is 9.60. The first-order chi connectivity index (χ1) is 12.2. The molecule has 2 rings (SSSR count). The van der Waals surface area contributed by atoms with E-state index in [0.29, 0.717) is 22.9 Å². The van der Waals surface area contributed by atoms with Crippen LogP contribution < -0.4 is 10.1 Å². The SMILES string of the molecule is CC(=O)Nc1cc(Cl)cc(COc2c(Br)cc(CCC(=O)O)cc2Br)c1. The molecule has 2 aromatic rings. The third kappa shape index (κ3) is 6.30. The zero-order valence-electron chi connectivity index (χ0n) is 13.8. The van der Waals surface area contributed by atoms with E-state index < -0.39 is 5.97 Å². The van der Waals surface area contributed by atoms with Gasteiger partial charge in [0, 0.05) is 24.1 Å². The second-order valence-electron chi connectivity index (χ2n) is 5.60. The van der Waals surface area contributed by atoms with Crippen molar-refractivity contribution in [1.29, 1.82) is 0 Å². The summed E-state index contributed by atoms with van der Waals surface area (Å²) in [6.07, 6.45) is 0.495. The number of halogens is 3. The number of hydrogen-bond acceptors (Lipinski definition) is 3. The van der Waals surface area contributed by atoms with Gasteiger partial charge < -0.3 is 15.2 Å². The van der Waals surface area contributed by atoms with Crippen LogP contribution >= 0.6 is 43.5 Å². The Morgan fingerprint density at radius 3 is 2.35 bits per heavy atom. The number of anilines is 1. The highest BCUT2D eigenvalue weighted by molar-refractivity contribution is 9.11.